The second-order valence-electron chi connectivity index (χ2n) is 7.35. The minimum atomic E-state index is -4.43. The van der Waals surface area contributed by atoms with Crippen molar-refractivity contribution in [2.24, 2.45) is 0 Å². The topological polar surface area (TPSA) is 99.5 Å². The summed E-state index contributed by atoms with van der Waals surface area (Å²) in [6, 6.07) is 6.43. The summed E-state index contributed by atoms with van der Waals surface area (Å²) in [5.74, 6) is 0.597. The molecule has 2 aromatic heterocycles. The number of halogens is 3. The predicted molar refractivity (Wildman–Crippen MR) is 118 cm³/mol. The predicted octanol–water partition coefficient (Wildman–Crippen LogP) is 2.73. The first-order valence-electron chi connectivity index (χ1n) is 9.97. The van der Waals surface area contributed by atoms with Crippen molar-refractivity contribution >= 4 is 27.4 Å². The lowest BCUT2D eigenvalue weighted by atomic mass is 10.1. The molecule has 1 aliphatic rings. The number of aromatic nitrogens is 3. The summed E-state index contributed by atoms with van der Waals surface area (Å²) in [5, 5.41) is 10.8. The van der Waals surface area contributed by atoms with Gasteiger partial charge in [-0.15, -0.1) is 0 Å². The number of sulfonamides is 1. The smallest absolute Gasteiger partial charge is 0.395 e. The molecule has 4 rings (SSSR count). The summed E-state index contributed by atoms with van der Waals surface area (Å²) >= 11 is 1.23. The number of benzene rings is 1. The van der Waals surface area contributed by atoms with Gasteiger partial charge in [-0.1, -0.05) is 12.1 Å². The Hall–Kier alpha value is -2.61. The van der Waals surface area contributed by atoms with E-state index in [-0.39, 0.29) is 18.8 Å². The minimum Gasteiger partial charge on any atom is -0.395 e. The van der Waals surface area contributed by atoms with Crippen LogP contribution in [0.2, 0.25) is 0 Å². The summed E-state index contributed by atoms with van der Waals surface area (Å²) in [7, 11) is -3.52. The molecule has 1 N–H and O–H groups in total. The summed E-state index contributed by atoms with van der Waals surface area (Å²) in [6.45, 7) is 0.766. The maximum absolute atomic E-state index is 12.9. The Morgan fingerprint density at radius 2 is 1.73 bits per heavy atom. The van der Waals surface area contributed by atoms with Crippen LogP contribution in [0.5, 0.6) is 0 Å². The van der Waals surface area contributed by atoms with Gasteiger partial charge in [-0.2, -0.15) is 17.5 Å². The van der Waals surface area contributed by atoms with Gasteiger partial charge in [0.15, 0.2) is 5.82 Å². The molecule has 3 heterocycles. The highest BCUT2D eigenvalue weighted by Crippen LogP contribution is 2.32. The van der Waals surface area contributed by atoms with E-state index in [1.54, 1.807) is 17.6 Å². The number of hydrogen-bond donors (Lipinski definition) is 1. The Bertz CT molecular complexity index is 1190. The van der Waals surface area contributed by atoms with Gasteiger partial charge in [0, 0.05) is 43.2 Å². The molecule has 1 aromatic carbocycles. The molecule has 0 unspecified atom stereocenters. The Morgan fingerprint density at radius 1 is 1.03 bits per heavy atom. The molecule has 0 amide bonds. The third-order valence-electron chi connectivity index (χ3n) is 5.22. The molecule has 0 saturated carbocycles. The fourth-order valence-corrected chi connectivity index (χ4v) is 5.18. The maximum Gasteiger partial charge on any atom is 0.416 e. The van der Waals surface area contributed by atoms with Gasteiger partial charge in [0.1, 0.15) is 5.82 Å². The second-order valence-corrected chi connectivity index (χ2v) is 10.1. The van der Waals surface area contributed by atoms with Gasteiger partial charge < -0.3 is 10.0 Å². The molecule has 0 atom stereocenters. The van der Waals surface area contributed by atoms with E-state index in [4.69, 9.17) is 5.11 Å². The first-order valence-corrected chi connectivity index (χ1v) is 12.4. The maximum atomic E-state index is 12.9. The van der Waals surface area contributed by atoms with Crippen molar-refractivity contribution in [3.8, 4) is 22.6 Å². The Balaban J connectivity index is 1.64. The van der Waals surface area contributed by atoms with E-state index in [0.717, 1.165) is 12.1 Å². The van der Waals surface area contributed by atoms with Crippen molar-refractivity contribution < 1.29 is 26.7 Å². The van der Waals surface area contributed by atoms with E-state index in [1.165, 1.54) is 28.0 Å². The van der Waals surface area contributed by atoms with Crippen LogP contribution in [0.15, 0.2) is 41.9 Å². The van der Waals surface area contributed by atoms with Crippen LogP contribution in [0.1, 0.15) is 5.56 Å². The van der Waals surface area contributed by atoms with Gasteiger partial charge in [-0.25, -0.2) is 22.8 Å². The molecule has 0 radical (unpaired) electrons. The van der Waals surface area contributed by atoms with Crippen LogP contribution in [0.3, 0.4) is 0 Å². The zero-order chi connectivity index (χ0) is 23.6. The van der Waals surface area contributed by atoms with E-state index in [2.05, 4.69) is 14.3 Å². The minimum absolute atomic E-state index is 0.233. The van der Waals surface area contributed by atoms with E-state index < -0.39 is 28.4 Å². The molecule has 176 valence electrons. The molecule has 1 saturated heterocycles. The van der Waals surface area contributed by atoms with E-state index in [9.17, 15) is 21.6 Å². The quantitative estimate of drug-likeness (QED) is 0.557. The third-order valence-corrected chi connectivity index (χ3v) is 7.65. The number of piperazine rings is 1. The van der Waals surface area contributed by atoms with Gasteiger partial charge in [-0.05, 0) is 23.7 Å². The van der Waals surface area contributed by atoms with Crippen molar-refractivity contribution in [2.45, 2.75) is 6.18 Å². The highest BCUT2D eigenvalue weighted by atomic mass is 32.2. The highest BCUT2D eigenvalue weighted by molar-refractivity contribution is 7.89. The van der Waals surface area contributed by atoms with Crippen LogP contribution in [-0.2, 0) is 16.2 Å². The van der Waals surface area contributed by atoms with Gasteiger partial charge in [0.25, 0.3) is 0 Å². The molecular weight excluding hydrogens is 479 g/mol. The van der Waals surface area contributed by atoms with Crippen molar-refractivity contribution in [1.82, 2.24) is 18.6 Å². The summed E-state index contributed by atoms with van der Waals surface area (Å²) in [4.78, 5) is 11.0. The van der Waals surface area contributed by atoms with Crippen molar-refractivity contribution in [3.05, 3.63) is 47.5 Å². The number of alkyl halides is 3. The lowest BCUT2D eigenvalue weighted by molar-refractivity contribution is -0.137. The number of anilines is 1. The van der Waals surface area contributed by atoms with Crippen LogP contribution in [-0.4, -0.2) is 70.7 Å². The Morgan fingerprint density at radius 3 is 2.30 bits per heavy atom. The molecular formula is C20H20F3N5O3S2. The SMILES string of the molecule is O=S(=O)(CCO)N1CCN(c2cc(-c3ccc(C(F)(F)F)cc3)nc(-c3cnsc3)n2)CC1. The third kappa shape index (κ3) is 5.32. The fraction of sp³-hybridized carbons (Fsp3) is 0.350. The molecule has 1 aliphatic heterocycles. The summed E-state index contributed by atoms with van der Waals surface area (Å²) < 4.78 is 68.7. The second kappa shape index (κ2) is 9.33. The molecule has 8 nitrogen and oxygen atoms in total. The average Bonchev–Trinajstić information content (AvgIpc) is 3.33. The van der Waals surface area contributed by atoms with Crippen molar-refractivity contribution in [1.29, 1.82) is 0 Å². The Kier molecular flexibility index (Phi) is 6.66. The number of rotatable bonds is 6. The van der Waals surface area contributed by atoms with Crippen molar-refractivity contribution in [2.75, 3.05) is 43.4 Å². The van der Waals surface area contributed by atoms with Crippen LogP contribution in [0.25, 0.3) is 22.6 Å². The molecule has 3 aromatic rings. The largest absolute Gasteiger partial charge is 0.416 e. The van der Waals surface area contributed by atoms with Gasteiger partial charge in [-0.3, -0.25) is 0 Å². The highest BCUT2D eigenvalue weighted by Gasteiger charge is 2.30. The van der Waals surface area contributed by atoms with Crippen LogP contribution >= 0.6 is 11.5 Å². The number of hydrogen-bond acceptors (Lipinski definition) is 8. The molecule has 0 spiro atoms. The van der Waals surface area contributed by atoms with Gasteiger partial charge >= 0.3 is 6.18 Å². The normalized spacial score (nSPS) is 15.7. The van der Waals surface area contributed by atoms with Crippen LogP contribution < -0.4 is 4.90 Å². The monoisotopic (exact) mass is 499 g/mol. The van der Waals surface area contributed by atoms with E-state index >= 15 is 0 Å². The van der Waals surface area contributed by atoms with E-state index in [0.29, 0.717) is 41.6 Å². The number of aliphatic hydroxyl groups excluding tert-OH is 1. The lowest BCUT2D eigenvalue weighted by Gasteiger charge is -2.34. The van der Waals surface area contributed by atoms with Gasteiger partial charge in [0.05, 0.1) is 35.4 Å². The van der Waals surface area contributed by atoms with Crippen LogP contribution in [0, 0.1) is 0 Å². The Labute approximate surface area is 192 Å². The zero-order valence-electron chi connectivity index (χ0n) is 17.2. The zero-order valence-corrected chi connectivity index (χ0v) is 18.9. The van der Waals surface area contributed by atoms with Crippen molar-refractivity contribution in [3.63, 3.8) is 0 Å². The van der Waals surface area contributed by atoms with E-state index in [1.807, 2.05) is 4.90 Å². The molecule has 33 heavy (non-hydrogen) atoms. The summed E-state index contributed by atoms with van der Waals surface area (Å²) in [6.07, 6.45) is -2.82. The number of nitrogens with zero attached hydrogens (tertiary/aromatic N) is 5. The number of aliphatic hydroxyl groups is 1. The molecule has 1 fully saturated rings. The van der Waals surface area contributed by atoms with Gasteiger partial charge in [0.2, 0.25) is 10.0 Å². The lowest BCUT2D eigenvalue weighted by Crippen LogP contribution is -2.49. The average molecular weight is 500 g/mol. The first-order chi connectivity index (χ1) is 15.7. The summed E-state index contributed by atoms with van der Waals surface area (Å²) in [5.41, 5.74) is 0.882. The molecule has 0 aliphatic carbocycles. The van der Waals surface area contributed by atoms with Crippen LogP contribution in [0.4, 0.5) is 19.0 Å². The first kappa shape index (κ1) is 23.5. The molecule has 13 heteroatoms. The fourth-order valence-electron chi connectivity index (χ4n) is 3.46. The standard InChI is InChI=1S/C20H20F3N5O3S2/c21-20(22,23)16-3-1-14(2-4-16)17-11-18(26-19(25-17)15-12-24-32-13-15)27-5-7-28(8-6-27)33(30,31)10-9-29/h1-4,11-13,29H,5-10H2. The molecule has 0 bridgehead atoms.